The largest absolute Gasteiger partial charge is 0.437 e. The molecular formula is C5H6N2O3. The molecule has 1 aromatic heterocycles. The Bertz CT molecular complexity index is 309. The van der Waals surface area contributed by atoms with Crippen LogP contribution >= 0.6 is 0 Å². The number of aryl methyl sites for hydroxylation is 1. The van der Waals surface area contributed by atoms with E-state index in [1.807, 2.05) is 0 Å². The molecule has 0 amide bonds. The SMILES string of the molecule is CC(=O)c1nn(C)c(=O)o1. The molecule has 0 bridgehead atoms. The molecule has 0 unspecified atom stereocenters. The van der Waals surface area contributed by atoms with Crippen LogP contribution in [0.25, 0.3) is 0 Å². The number of Topliss-reactive ketones (excluding diaryl/α,β-unsaturated/α-hetero) is 1. The van der Waals surface area contributed by atoms with Gasteiger partial charge in [0.25, 0.3) is 5.89 Å². The van der Waals surface area contributed by atoms with Gasteiger partial charge in [0, 0.05) is 14.0 Å². The molecule has 54 valence electrons. The molecule has 0 spiro atoms. The Kier molecular flexibility index (Phi) is 1.41. The molecule has 1 aromatic rings. The second kappa shape index (κ2) is 2.09. The van der Waals surface area contributed by atoms with E-state index in [4.69, 9.17) is 0 Å². The molecule has 0 N–H and O–H groups in total. The molecule has 5 nitrogen and oxygen atoms in total. The second-order valence-corrected chi connectivity index (χ2v) is 1.85. The molecule has 0 aliphatic carbocycles. The third kappa shape index (κ3) is 0.975. The molecule has 0 radical (unpaired) electrons. The monoisotopic (exact) mass is 142 g/mol. The minimum atomic E-state index is -0.620. The van der Waals surface area contributed by atoms with Crippen molar-refractivity contribution in [3.63, 3.8) is 0 Å². The summed E-state index contributed by atoms with van der Waals surface area (Å²) in [6.45, 7) is 1.28. The summed E-state index contributed by atoms with van der Waals surface area (Å²) < 4.78 is 5.39. The van der Waals surface area contributed by atoms with Gasteiger partial charge in [-0.15, -0.1) is 5.10 Å². The van der Waals surface area contributed by atoms with Crippen LogP contribution < -0.4 is 5.76 Å². The van der Waals surface area contributed by atoms with Crippen LogP contribution in [0.5, 0.6) is 0 Å². The Hall–Kier alpha value is -1.39. The number of carbonyl (C=O) groups is 1. The smallest absolute Gasteiger partial charge is 0.384 e. The normalized spacial score (nSPS) is 9.80. The van der Waals surface area contributed by atoms with E-state index >= 15 is 0 Å². The van der Waals surface area contributed by atoms with Gasteiger partial charge in [-0.1, -0.05) is 0 Å². The van der Waals surface area contributed by atoms with E-state index in [0.29, 0.717) is 0 Å². The van der Waals surface area contributed by atoms with Crippen LogP contribution in [0.2, 0.25) is 0 Å². The van der Waals surface area contributed by atoms with E-state index in [-0.39, 0.29) is 11.7 Å². The van der Waals surface area contributed by atoms with Crippen molar-refractivity contribution in [2.45, 2.75) is 6.92 Å². The van der Waals surface area contributed by atoms with Crippen LogP contribution in [0.1, 0.15) is 17.6 Å². The van der Waals surface area contributed by atoms with E-state index in [0.717, 1.165) is 4.68 Å². The van der Waals surface area contributed by atoms with Gasteiger partial charge < -0.3 is 4.42 Å². The summed E-state index contributed by atoms with van der Waals surface area (Å²) in [7, 11) is 1.41. The first-order valence-electron chi connectivity index (χ1n) is 2.66. The lowest BCUT2D eigenvalue weighted by Crippen LogP contribution is -2.09. The zero-order chi connectivity index (χ0) is 7.72. The molecule has 1 heterocycles. The first-order valence-corrected chi connectivity index (χ1v) is 2.66. The van der Waals surface area contributed by atoms with Crippen LogP contribution in [-0.4, -0.2) is 15.6 Å². The van der Waals surface area contributed by atoms with Crippen LogP contribution in [0, 0.1) is 0 Å². The lowest BCUT2D eigenvalue weighted by Gasteiger charge is -1.78. The van der Waals surface area contributed by atoms with E-state index < -0.39 is 5.76 Å². The molecule has 0 aliphatic rings. The van der Waals surface area contributed by atoms with Crippen molar-refractivity contribution in [2.75, 3.05) is 0 Å². The van der Waals surface area contributed by atoms with E-state index in [1.54, 1.807) is 0 Å². The van der Waals surface area contributed by atoms with Gasteiger partial charge in [0.1, 0.15) is 0 Å². The zero-order valence-corrected chi connectivity index (χ0v) is 5.62. The second-order valence-electron chi connectivity index (χ2n) is 1.85. The highest BCUT2D eigenvalue weighted by Crippen LogP contribution is 1.88. The lowest BCUT2D eigenvalue weighted by molar-refractivity contribution is 0.0979. The number of hydrogen-bond acceptors (Lipinski definition) is 4. The fourth-order valence-corrected chi connectivity index (χ4v) is 0.489. The van der Waals surface area contributed by atoms with Crippen molar-refractivity contribution in [1.29, 1.82) is 0 Å². The van der Waals surface area contributed by atoms with Gasteiger partial charge >= 0.3 is 5.76 Å². The molecule has 5 heteroatoms. The molecule has 10 heavy (non-hydrogen) atoms. The predicted molar refractivity (Wildman–Crippen MR) is 31.7 cm³/mol. The molecule has 0 aromatic carbocycles. The topological polar surface area (TPSA) is 65.1 Å². The average Bonchev–Trinajstić information content (AvgIpc) is 2.13. The van der Waals surface area contributed by atoms with Crippen LogP contribution in [0.15, 0.2) is 9.21 Å². The number of carbonyl (C=O) groups excluding carboxylic acids is 1. The summed E-state index contributed by atoms with van der Waals surface area (Å²) in [5.41, 5.74) is 0. The highest BCUT2D eigenvalue weighted by atomic mass is 16.4. The van der Waals surface area contributed by atoms with Gasteiger partial charge in [0.2, 0.25) is 5.78 Å². The molecule has 1 rings (SSSR count). The van der Waals surface area contributed by atoms with Crippen molar-refractivity contribution in [1.82, 2.24) is 9.78 Å². The van der Waals surface area contributed by atoms with Gasteiger partial charge in [-0.2, -0.15) is 4.68 Å². The Labute approximate surface area is 56.3 Å². The Balaban J connectivity index is 3.23. The predicted octanol–water partition coefficient (Wildman–Crippen LogP) is -0.424. The maximum atomic E-state index is 10.5. The first-order chi connectivity index (χ1) is 4.61. The highest BCUT2D eigenvalue weighted by Gasteiger charge is 2.07. The van der Waals surface area contributed by atoms with Crippen molar-refractivity contribution >= 4 is 5.78 Å². The maximum Gasteiger partial charge on any atom is 0.437 e. The summed E-state index contributed by atoms with van der Waals surface area (Å²) in [5, 5.41) is 3.50. The lowest BCUT2D eigenvalue weighted by atomic mass is 10.5. The standard InChI is InChI=1S/C5H6N2O3/c1-3(8)4-6-7(2)5(9)10-4/h1-2H3. The Morgan fingerprint density at radius 1 is 1.70 bits per heavy atom. The van der Waals surface area contributed by atoms with E-state index in [9.17, 15) is 9.59 Å². The zero-order valence-electron chi connectivity index (χ0n) is 5.62. The summed E-state index contributed by atoms with van der Waals surface area (Å²) in [6, 6.07) is 0. The number of rotatable bonds is 1. The number of aromatic nitrogens is 2. The van der Waals surface area contributed by atoms with Gasteiger partial charge in [-0.05, 0) is 0 Å². The average molecular weight is 142 g/mol. The quantitative estimate of drug-likeness (QED) is 0.499. The Morgan fingerprint density at radius 3 is 2.50 bits per heavy atom. The van der Waals surface area contributed by atoms with Gasteiger partial charge in [0.15, 0.2) is 0 Å². The van der Waals surface area contributed by atoms with Crippen molar-refractivity contribution < 1.29 is 9.21 Å². The van der Waals surface area contributed by atoms with Crippen LogP contribution in [0.4, 0.5) is 0 Å². The number of nitrogens with zero attached hydrogens (tertiary/aromatic N) is 2. The van der Waals surface area contributed by atoms with E-state index in [1.165, 1.54) is 14.0 Å². The number of ketones is 1. The summed E-state index contributed by atoms with van der Waals surface area (Å²) in [5.74, 6) is -1.12. The third-order valence-electron chi connectivity index (χ3n) is 0.990. The van der Waals surface area contributed by atoms with Gasteiger partial charge in [-0.25, -0.2) is 4.79 Å². The minimum Gasteiger partial charge on any atom is -0.384 e. The van der Waals surface area contributed by atoms with Crippen molar-refractivity contribution in [3.05, 3.63) is 16.4 Å². The van der Waals surface area contributed by atoms with E-state index in [2.05, 4.69) is 9.52 Å². The highest BCUT2D eigenvalue weighted by molar-refractivity contribution is 5.88. The fourth-order valence-electron chi connectivity index (χ4n) is 0.489. The van der Waals surface area contributed by atoms with Crippen molar-refractivity contribution in [2.24, 2.45) is 7.05 Å². The Morgan fingerprint density at radius 2 is 2.30 bits per heavy atom. The summed E-state index contributed by atoms with van der Waals surface area (Å²) in [4.78, 5) is 21.0. The van der Waals surface area contributed by atoms with Gasteiger partial charge in [0.05, 0.1) is 0 Å². The summed E-state index contributed by atoms with van der Waals surface area (Å²) in [6.07, 6.45) is 0. The van der Waals surface area contributed by atoms with Crippen LogP contribution in [0.3, 0.4) is 0 Å². The third-order valence-corrected chi connectivity index (χ3v) is 0.990. The minimum absolute atomic E-state index is 0.146. The molecule has 0 fully saturated rings. The summed E-state index contributed by atoms with van der Waals surface area (Å²) >= 11 is 0. The molecular weight excluding hydrogens is 136 g/mol. The molecule has 0 saturated heterocycles. The van der Waals surface area contributed by atoms with Gasteiger partial charge in [-0.3, -0.25) is 4.79 Å². The molecule has 0 atom stereocenters. The van der Waals surface area contributed by atoms with Crippen molar-refractivity contribution in [3.8, 4) is 0 Å². The number of hydrogen-bond donors (Lipinski definition) is 0. The molecule has 0 saturated carbocycles. The maximum absolute atomic E-state index is 10.5. The first kappa shape index (κ1) is 6.73. The van der Waals surface area contributed by atoms with Crippen LogP contribution in [-0.2, 0) is 7.05 Å². The molecule has 0 aliphatic heterocycles. The fraction of sp³-hybridized carbons (Fsp3) is 0.400.